The molecule has 0 amide bonds. The molecule has 94 valence electrons. The van der Waals surface area contributed by atoms with Crippen LogP contribution in [0.4, 0.5) is 0 Å². The summed E-state index contributed by atoms with van der Waals surface area (Å²) in [5.41, 5.74) is 2.76. The first kappa shape index (κ1) is 12.5. The number of carbonyl (C=O) groups excluding carboxylic acids is 1. The molecule has 2 rings (SSSR count). The molecular formula is C14H16N2O2. The Morgan fingerprint density at radius 3 is 2.72 bits per heavy atom. The lowest BCUT2D eigenvalue weighted by Gasteiger charge is -2.06. The molecule has 1 aromatic heterocycles. The zero-order valence-corrected chi connectivity index (χ0v) is 10.6. The third kappa shape index (κ3) is 2.84. The number of ether oxygens (including phenoxy) is 1. The summed E-state index contributed by atoms with van der Waals surface area (Å²) in [6.07, 6.45) is 0.337. The number of Topliss-reactive ketones (excluding diaryl/α,β-unsaturated/α-hetero) is 1. The lowest BCUT2D eigenvalue weighted by molar-refractivity contribution is -0.122. The molecule has 1 aromatic carbocycles. The molecule has 0 N–H and O–H groups in total. The minimum absolute atomic E-state index is 0.0505. The quantitative estimate of drug-likeness (QED) is 0.807. The van der Waals surface area contributed by atoms with Gasteiger partial charge in [-0.3, -0.25) is 4.79 Å². The van der Waals surface area contributed by atoms with E-state index < -0.39 is 0 Å². The van der Waals surface area contributed by atoms with Crippen LogP contribution >= 0.6 is 0 Å². The minimum atomic E-state index is 0.0505. The van der Waals surface area contributed by atoms with Crippen LogP contribution in [0.3, 0.4) is 0 Å². The maximum atomic E-state index is 11.6. The van der Waals surface area contributed by atoms with E-state index in [1.54, 1.807) is 0 Å². The van der Waals surface area contributed by atoms with E-state index in [1.807, 2.05) is 48.0 Å². The first-order valence-electron chi connectivity index (χ1n) is 5.82. The number of aromatic nitrogens is 2. The Morgan fingerprint density at radius 2 is 2.06 bits per heavy atom. The van der Waals surface area contributed by atoms with Crippen molar-refractivity contribution < 1.29 is 9.53 Å². The average molecular weight is 244 g/mol. The molecule has 0 radical (unpaired) electrons. The Balaban J connectivity index is 2.29. The van der Waals surface area contributed by atoms with E-state index in [-0.39, 0.29) is 12.4 Å². The number of ketones is 1. The van der Waals surface area contributed by atoms with Gasteiger partial charge in [-0.05, 0) is 25.1 Å². The van der Waals surface area contributed by atoms with Crippen molar-refractivity contribution in [3.8, 4) is 5.69 Å². The molecular weight excluding hydrogens is 228 g/mol. The molecule has 0 atom stereocenters. The molecule has 0 aliphatic carbocycles. The molecule has 0 saturated carbocycles. The van der Waals surface area contributed by atoms with Crippen molar-refractivity contribution >= 4 is 5.78 Å². The lowest BCUT2D eigenvalue weighted by Crippen LogP contribution is -2.13. The van der Waals surface area contributed by atoms with E-state index in [2.05, 4.69) is 5.10 Å². The molecule has 0 unspecified atom stereocenters. The smallest absolute Gasteiger partial charge is 0.164 e. The van der Waals surface area contributed by atoms with Gasteiger partial charge in [-0.2, -0.15) is 5.10 Å². The zero-order chi connectivity index (χ0) is 13.0. The average Bonchev–Trinajstić information content (AvgIpc) is 2.71. The highest BCUT2D eigenvalue weighted by atomic mass is 16.5. The van der Waals surface area contributed by atoms with Crippen molar-refractivity contribution in [2.24, 2.45) is 0 Å². The number of para-hydroxylation sites is 1. The van der Waals surface area contributed by atoms with Gasteiger partial charge in [0.05, 0.1) is 23.5 Å². The van der Waals surface area contributed by atoms with Crippen molar-refractivity contribution in [1.82, 2.24) is 9.78 Å². The maximum Gasteiger partial charge on any atom is 0.164 e. The fourth-order valence-corrected chi connectivity index (χ4v) is 1.89. The highest BCUT2D eigenvalue weighted by Crippen LogP contribution is 2.13. The van der Waals surface area contributed by atoms with E-state index in [4.69, 9.17) is 4.74 Å². The molecule has 0 aliphatic rings. The monoisotopic (exact) mass is 244 g/mol. The fraction of sp³-hybridized carbons (Fsp3) is 0.286. The van der Waals surface area contributed by atoms with Crippen LogP contribution in [-0.4, -0.2) is 29.3 Å². The van der Waals surface area contributed by atoms with Crippen LogP contribution in [0.2, 0.25) is 0 Å². The first-order valence-corrected chi connectivity index (χ1v) is 5.82. The van der Waals surface area contributed by atoms with Crippen molar-refractivity contribution in [2.45, 2.75) is 13.3 Å². The van der Waals surface area contributed by atoms with Crippen LogP contribution in [0, 0.1) is 6.92 Å². The largest absolute Gasteiger partial charge is 0.377 e. The van der Waals surface area contributed by atoms with Gasteiger partial charge in [0.2, 0.25) is 0 Å². The topological polar surface area (TPSA) is 44.1 Å². The third-order valence-corrected chi connectivity index (χ3v) is 2.59. The summed E-state index contributed by atoms with van der Waals surface area (Å²) in [6, 6.07) is 11.7. The summed E-state index contributed by atoms with van der Waals surface area (Å²) in [5, 5.41) is 4.42. The Labute approximate surface area is 106 Å². The van der Waals surface area contributed by atoms with Crippen LogP contribution in [-0.2, 0) is 16.0 Å². The summed E-state index contributed by atoms with van der Waals surface area (Å²) in [5.74, 6) is 0.0505. The number of hydrogen-bond acceptors (Lipinski definition) is 3. The standard InChI is InChI=1S/C14H16N2O2/c1-11-8-13(9-14(17)10-18-2)16(15-11)12-6-4-3-5-7-12/h3-8H,9-10H2,1-2H3. The number of hydrogen-bond donors (Lipinski definition) is 0. The van der Waals surface area contributed by atoms with Gasteiger partial charge in [0, 0.05) is 7.11 Å². The third-order valence-electron chi connectivity index (χ3n) is 2.59. The number of nitrogens with zero attached hydrogens (tertiary/aromatic N) is 2. The Hall–Kier alpha value is -1.94. The minimum Gasteiger partial charge on any atom is -0.377 e. The molecule has 4 nitrogen and oxygen atoms in total. The molecule has 0 saturated heterocycles. The van der Waals surface area contributed by atoms with E-state index in [0.717, 1.165) is 17.1 Å². The summed E-state index contributed by atoms with van der Waals surface area (Å²) in [7, 11) is 1.53. The zero-order valence-electron chi connectivity index (χ0n) is 10.6. The van der Waals surface area contributed by atoms with Crippen LogP contribution < -0.4 is 0 Å². The molecule has 18 heavy (non-hydrogen) atoms. The molecule has 2 aromatic rings. The van der Waals surface area contributed by atoms with E-state index in [9.17, 15) is 4.79 Å². The van der Waals surface area contributed by atoms with Crippen molar-refractivity contribution in [3.63, 3.8) is 0 Å². The summed E-state index contributed by atoms with van der Waals surface area (Å²) in [4.78, 5) is 11.6. The van der Waals surface area contributed by atoms with E-state index >= 15 is 0 Å². The Kier molecular flexibility index (Phi) is 3.89. The van der Waals surface area contributed by atoms with Gasteiger partial charge < -0.3 is 4.74 Å². The van der Waals surface area contributed by atoms with Crippen molar-refractivity contribution in [2.75, 3.05) is 13.7 Å². The molecule has 1 heterocycles. The normalized spacial score (nSPS) is 10.6. The van der Waals surface area contributed by atoms with Crippen molar-refractivity contribution in [3.05, 3.63) is 47.8 Å². The van der Waals surface area contributed by atoms with Gasteiger partial charge in [-0.25, -0.2) is 4.68 Å². The van der Waals surface area contributed by atoms with Crippen LogP contribution in [0.1, 0.15) is 11.4 Å². The van der Waals surface area contributed by atoms with E-state index in [0.29, 0.717) is 6.42 Å². The predicted octanol–water partition coefficient (Wildman–Crippen LogP) is 1.94. The van der Waals surface area contributed by atoms with Gasteiger partial charge in [0.15, 0.2) is 5.78 Å². The SMILES string of the molecule is COCC(=O)Cc1cc(C)nn1-c1ccccc1. The molecule has 0 spiro atoms. The number of methoxy groups -OCH3 is 1. The van der Waals surface area contributed by atoms with Crippen LogP contribution in [0.25, 0.3) is 5.69 Å². The fourth-order valence-electron chi connectivity index (χ4n) is 1.89. The number of rotatable bonds is 5. The molecule has 4 heteroatoms. The highest BCUT2D eigenvalue weighted by molar-refractivity contribution is 5.81. The van der Waals surface area contributed by atoms with Gasteiger partial charge in [0.25, 0.3) is 0 Å². The van der Waals surface area contributed by atoms with Crippen molar-refractivity contribution in [1.29, 1.82) is 0 Å². The number of benzene rings is 1. The second-order valence-corrected chi connectivity index (χ2v) is 4.17. The van der Waals surface area contributed by atoms with Gasteiger partial charge >= 0.3 is 0 Å². The van der Waals surface area contributed by atoms with Gasteiger partial charge in [0.1, 0.15) is 6.61 Å². The van der Waals surface area contributed by atoms with Crippen LogP contribution in [0.5, 0.6) is 0 Å². The lowest BCUT2D eigenvalue weighted by atomic mass is 10.2. The first-order chi connectivity index (χ1) is 8.70. The Bertz CT molecular complexity index is 532. The summed E-state index contributed by atoms with van der Waals surface area (Å²) < 4.78 is 6.66. The van der Waals surface area contributed by atoms with Gasteiger partial charge in [-0.1, -0.05) is 18.2 Å². The predicted molar refractivity (Wildman–Crippen MR) is 68.9 cm³/mol. The molecule has 0 bridgehead atoms. The van der Waals surface area contributed by atoms with E-state index in [1.165, 1.54) is 7.11 Å². The second-order valence-electron chi connectivity index (χ2n) is 4.17. The second kappa shape index (κ2) is 5.60. The molecule has 0 fully saturated rings. The molecule has 0 aliphatic heterocycles. The maximum absolute atomic E-state index is 11.6. The van der Waals surface area contributed by atoms with Gasteiger partial charge in [-0.15, -0.1) is 0 Å². The number of carbonyl (C=O) groups is 1. The Morgan fingerprint density at radius 1 is 1.33 bits per heavy atom. The summed E-state index contributed by atoms with van der Waals surface area (Å²) in [6.45, 7) is 2.06. The van der Waals surface area contributed by atoms with Crippen LogP contribution in [0.15, 0.2) is 36.4 Å². The highest BCUT2D eigenvalue weighted by Gasteiger charge is 2.11. The number of aryl methyl sites for hydroxylation is 1. The summed E-state index contributed by atoms with van der Waals surface area (Å²) >= 11 is 0.